The molecular formula is C17H30NO3+. The number of hydrogen-bond donors (Lipinski definition) is 0. The molecule has 0 bridgehead atoms. The summed E-state index contributed by atoms with van der Waals surface area (Å²) < 4.78 is 11.7. The van der Waals surface area contributed by atoms with Crippen LogP contribution in [0.1, 0.15) is 27.2 Å². The Labute approximate surface area is 128 Å². The normalized spacial score (nSPS) is 32.4. The maximum atomic E-state index is 12.1. The molecule has 3 atom stereocenters. The Morgan fingerprint density at radius 3 is 2.67 bits per heavy atom. The van der Waals surface area contributed by atoms with E-state index in [2.05, 4.69) is 33.9 Å². The highest BCUT2D eigenvalue weighted by molar-refractivity contribution is 5.70. The first-order valence-corrected chi connectivity index (χ1v) is 8.14. The van der Waals surface area contributed by atoms with Gasteiger partial charge >= 0.3 is 5.97 Å². The van der Waals surface area contributed by atoms with Crippen LogP contribution in [0.2, 0.25) is 0 Å². The molecule has 0 spiro atoms. The van der Waals surface area contributed by atoms with Gasteiger partial charge in [0.2, 0.25) is 0 Å². The number of hydrogen-bond acceptors (Lipinski definition) is 3. The molecule has 0 radical (unpaired) electrons. The lowest BCUT2D eigenvalue weighted by Gasteiger charge is -2.37. The monoisotopic (exact) mass is 296 g/mol. The first kappa shape index (κ1) is 16.5. The zero-order valence-electron chi connectivity index (χ0n) is 13.9. The van der Waals surface area contributed by atoms with Gasteiger partial charge in [-0.3, -0.25) is 0 Å². The van der Waals surface area contributed by atoms with Gasteiger partial charge in [0.1, 0.15) is 13.1 Å². The second kappa shape index (κ2) is 6.93. The Bertz CT molecular complexity index is 399. The van der Waals surface area contributed by atoms with E-state index in [0.717, 1.165) is 37.2 Å². The number of nitrogens with zero attached hydrogens (tertiary/aromatic N) is 1. The number of likely N-dealkylation sites (N-methyl/N-ethyl adjacent to an activating group) is 1. The van der Waals surface area contributed by atoms with Crippen molar-refractivity contribution in [2.45, 2.75) is 27.2 Å². The van der Waals surface area contributed by atoms with Crippen LogP contribution in [0.25, 0.3) is 0 Å². The average Bonchev–Trinajstić information content (AvgIpc) is 2.37. The number of carbonyl (C=O) groups is 1. The summed E-state index contributed by atoms with van der Waals surface area (Å²) in [6, 6.07) is 0. The van der Waals surface area contributed by atoms with Crippen LogP contribution in [0.5, 0.6) is 0 Å². The maximum absolute atomic E-state index is 12.1. The molecule has 21 heavy (non-hydrogen) atoms. The van der Waals surface area contributed by atoms with Gasteiger partial charge in [0.05, 0.1) is 26.9 Å². The standard InChI is InChI=1S/C17H30NO3/c1-13-9-14(2)16(15(3)10-13)12-21-17(19)11-18(4)5-7-20-8-6-18/h9,14-16H,5-8,10-12H2,1-4H3/q+1/t14-,15-,16-/m1/s1. The number of quaternary nitrogens is 1. The Kier molecular flexibility index (Phi) is 5.44. The highest BCUT2D eigenvalue weighted by atomic mass is 16.5. The number of rotatable bonds is 4. The van der Waals surface area contributed by atoms with Crippen LogP contribution < -0.4 is 0 Å². The topological polar surface area (TPSA) is 35.5 Å². The molecule has 0 aromatic heterocycles. The fourth-order valence-corrected chi connectivity index (χ4v) is 3.62. The van der Waals surface area contributed by atoms with Crippen LogP contribution in [-0.2, 0) is 14.3 Å². The van der Waals surface area contributed by atoms with E-state index in [0.29, 0.717) is 30.9 Å². The Morgan fingerprint density at radius 1 is 1.38 bits per heavy atom. The summed E-state index contributed by atoms with van der Waals surface area (Å²) in [7, 11) is 2.11. The van der Waals surface area contributed by atoms with Gasteiger partial charge in [-0.2, -0.15) is 0 Å². The van der Waals surface area contributed by atoms with Crippen molar-refractivity contribution in [2.24, 2.45) is 17.8 Å². The van der Waals surface area contributed by atoms with Crippen LogP contribution in [-0.4, -0.2) is 57.0 Å². The lowest BCUT2D eigenvalue weighted by atomic mass is 9.75. The zero-order chi connectivity index (χ0) is 15.5. The molecule has 1 fully saturated rings. The van der Waals surface area contributed by atoms with E-state index in [1.807, 2.05) is 0 Å². The number of carbonyl (C=O) groups excluding carboxylic acids is 1. The molecule has 2 rings (SSSR count). The fraction of sp³-hybridized carbons (Fsp3) is 0.824. The second-order valence-corrected chi connectivity index (χ2v) is 7.24. The Hall–Kier alpha value is -0.870. The summed E-state index contributed by atoms with van der Waals surface area (Å²) in [6.45, 7) is 11.0. The van der Waals surface area contributed by atoms with Crippen molar-refractivity contribution in [1.82, 2.24) is 0 Å². The van der Waals surface area contributed by atoms with E-state index in [1.165, 1.54) is 5.57 Å². The van der Waals surface area contributed by atoms with Crippen molar-refractivity contribution in [1.29, 1.82) is 0 Å². The number of allylic oxidation sites excluding steroid dienone is 2. The molecule has 1 heterocycles. The summed E-state index contributed by atoms with van der Waals surface area (Å²) >= 11 is 0. The third-order valence-electron chi connectivity index (χ3n) is 5.10. The molecule has 4 heteroatoms. The lowest BCUT2D eigenvalue weighted by Crippen LogP contribution is -2.54. The van der Waals surface area contributed by atoms with Crippen molar-refractivity contribution in [3.05, 3.63) is 11.6 Å². The summed E-state index contributed by atoms with van der Waals surface area (Å²) in [4.78, 5) is 12.1. The molecular weight excluding hydrogens is 266 g/mol. The highest BCUT2D eigenvalue weighted by Crippen LogP contribution is 2.33. The number of ether oxygens (including phenoxy) is 2. The molecule has 4 nitrogen and oxygen atoms in total. The molecule has 0 aromatic carbocycles. The zero-order valence-corrected chi connectivity index (χ0v) is 13.9. The summed E-state index contributed by atoms with van der Waals surface area (Å²) in [5, 5.41) is 0. The maximum Gasteiger partial charge on any atom is 0.361 e. The van der Waals surface area contributed by atoms with Gasteiger partial charge in [0.15, 0.2) is 6.54 Å². The minimum atomic E-state index is -0.0647. The Morgan fingerprint density at radius 2 is 2.05 bits per heavy atom. The van der Waals surface area contributed by atoms with E-state index in [9.17, 15) is 4.79 Å². The van der Waals surface area contributed by atoms with Gasteiger partial charge < -0.3 is 14.0 Å². The van der Waals surface area contributed by atoms with Crippen LogP contribution in [0.15, 0.2) is 11.6 Å². The smallest absolute Gasteiger partial charge is 0.361 e. The number of morpholine rings is 1. The fourth-order valence-electron chi connectivity index (χ4n) is 3.62. The minimum absolute atomic E-state index is 0.0647. The summed E-state index contributed by atoms with van der Waals surface area (Å²) in [6.07, 6.45) is 3.45. The van der Waals surface area contributed by atoms with Gasteiger partial charge in [-0.1, -0.05) is 25.5 Å². The van der Waals surface area contributed by atoms with Crippen LogP contribution in [0.4, 0.5) is 0 Å². The molecule has 0 saturated carbocycles. The minimum Gasteiger partial charge on any atom is -0.461 e. The predicted octanol–water partition coefficient (Wildman–Crippen LogP) is 2.24. The average molecular weight is 296 g/mol. The first-order chi connectivity index (χ1) is 9.89. The highest BCUT2D eigenvalue weighted by Gasteiger charge is 2.31. The quantitative estimate of drug-likeness (QED) is 0.453. The summed E-state index contributed by atoms with van der Waals surface area (Å²) in [5.74, 6) is 1.47. The van der Waals surface area contributed by atoms with E-state index >= 15 is 0 Å². The summed E-state index contributed by atoms with van der Waals surface area (Å²) in [5.41, 5.74) is 1.46. The van der Waals surface area contributed by atoms with Crippen molar-refractivity contribution >= 4 is 5.97 Å². The van der Waals surface area contributed by atoms with Crippen molar-refractivity contribution in [3.63, 3.8) is 0 Å². The van der Waals surface area contributed by atoms with Crippen molar-refractivity contribution in [2.75, 3.05) is 46.5 Å². The molecule has 0 N–H and O–H groups in total. The molecule has 2 aliphatic rings. The van der Waals surface area contributed by atoms with Gasteiger partial charge in [-0.05, 0) is 25.2 Å². The SMILES string of the molecule is CC1=C[C@@H](C)[C@@H](COC(=O)C[N+]2(C)CCOCC2)[C@H](C)C1. The first-order valence-electron chi connectivity index (χ1n) is 8.14. The van der Waals surface area contributed by atoms with E-state index < -0.39 is 0 Å². The molecule has 0 amide bonds. The number of esters is 1. The van der Waals surface area contributed by atoms with Gasteiger partial charge in [-0.15, -0.1) is 0 Å². The van der Waals surface area contributed by atoms with Crippen LogP contribution in [0.3, 0.4) is 0 Å². The third-order valence-corrected chi connectivity index (χ3v) is 5.10. The van der Waals surface area contributed by atoms with Crippen molar-refractivity contribution in [3.8, 4) is 0 Å². The molecule has 0 aromatic rings. The molecule has 1 aliphatic carbocycles. The largest absolute Gasteiger partial charge is 0.461 e. The second-order valence-electron chi connectivity index (χ2n) is 7.24. The van der Waals surface area contributed by atoms with Gasteiger partial charge in [0, 0.05) is 5.92 Å². The van der Waals surface area contributed by atoms with Crippen LogP contribution in [0, 0.1) is 17.8 Å². The Balaban J connectivity index is 1.81. The van der Waals surface area contributed by atoms with Crippen molar-refractivity contribution < 1.29 is 18.8 Å². The molecule has 0 unspecified atom stereocenters. The third kappa shape index (κ3) is 4.55. The van der Waals surface area contributed by atoms with E-state index in [1.54, 1.807) is 0 Å². The van der Waals surface area contributed by atoms with Gasteiger partial charge in [-0.25, -0.2) is 4.79 Å². The molecule has 120 valence electrons. The van der Waals surface area contributed by atoms with Gasteiger partial charge in [0.25, 0.3) is 0 Å². The van der Waals surface area contributed by atoms with E-state index in [4.69, 9.17) is 9.47 Å². The lowest BCUT2D eigenvalue weighted by molar-refractivity contribution is -0.910. The predicted molar refractivity (Wildman–Crippen MR) is 82.8 cm³/mol. The van der Waals surface area contributed by atoms with Crippen LogP contribution >= 0.6 is 0 Å². The molecule has 1 saturated heterocycles. The van der Waals surface area contributed by atoms with E-state index in [-0.39, 0.29) is 5.97 Å². The molecule has 1 aliphatic heterocycles.